The molecule has 2 heterocycles. The summed E-state index contributed by atoms with van der Waals surface area (Å²) in [4.78, 5) is 0. The van der Waals surface area contributed by atoms with Crippen LogP contribution in [0.3, 0.4) is 0 Å². The Morgan fingerprint density at radius 2 is 1.23 bits per heavy atom. The summed E-state index contributed by atoms with van der Waals surface area (Å²) < 4.78 is 29.3. The SMILES string of the molecule is CCCCCCCCCCCCO[C@H]([C@@H](O)[C@@H]1COC(C)(C)O1)[C@@H]1COC(C)(C)O1. The van der Waals surface area contributed by atoms with Gasteiger partial charge in [0.25, 0.3) is 0 Å². The molecular formula is C24H46O6. The number of aliphatic hydroxyl groups is 1. The van der Waals surface area contributed by atoms with Crippen LogP contribution in [0.1, 0.15) is 98.8 Å². The van der Waals surface area contributed by atoms with Crippen LogP contribution >= 0.6 is 0 Å². The first kappa shape index (κ1) is 26.0. The zero-order valence-corrected chi connectivity index (χ0v) is 20.0. The van der Waals surface area contributed by atoms with Gasteiger partial charge in [-0.25, -0.2) is 0 Å². The average Bonchev–Trinajstić information content (AvgIpc) is 3.23. The van der Waals surface area contributed by atoms with Gasteiger partial charge in [0.05, 0.1) is 13.2 Å². The van der Waals surface area contributed by atoms with Crippen molar-refractivity contribution >= 4 is 0 Å². The maximum absolute atomic E-state index is 11.0. The summed E-state index contributed by atoms with van der Waals surface area (Å²) in [5.74, 6) is -1.34. The van der Waals surface area contributed by atoms with E-state index in [0.29, 0.717) is 19.8 Å². The van der Waals surface area contributed by atoms with Crippen molar-refractivity contribution in [1.29, 1.82) is 0 Å². The molecule has 0 radical (unpaired) electrons. The molecule has 2 fully saturated rings. The molecule has 0 amide bonds. The molecule has 2 saturated heterocycles. The zero-order valence-electron chi connectivity index (χ0n) is 20.0. The van der Waals surface area contributed by atoms with E-state index in [-0.39, 0.29) is 6.10 Å². The minimum absolute atomic E-state index is 0.314. The number of rotatable bonds is 15. The van der Waals surface area contributed by atoms with Gasteiger partial charge in [0.1, 0.15) is 24.4 Å². The molecule has 4 atom stereocenters. The minimum Gasteiger partial charge on any atom is -0.387 e. The highest BCUT2D eigenvalue weighted by Crippen LogP contribution is 2.31. The third-order valence-electron chi connectivity index (χ3n) is 5.95. The summed E-state index contributed by atoms with van der Waals surface area (Å²) in [5.41, 5.74) is 0. The van der Waals surface area contributed by atoms with E-state index < -0.39 is 29.9 Å². The van der Waals surface area contributed by atoms with Crippen LogP contribution in [-0.4, -0.2) is 60.9 Å². The third-order valence-corrected chi connectivity index (χ3v) is 5.95. The highest BCUT2D eigenvalue weighted by atomic mass is 16.8. The number of hydrogen-bond donors (Lipinski definition) is 1. The smallest absolute Gasteiger partial charge is 0.163 e. The Kier molecular flexibility index (Phi) is 11.0. The second-order valence-corrected chi connectivity index (χ2v) is 9.74. The molecule has 0 saturated carbocycles. The summed E-state index contributed by atoms with van der Waals surface area (Å²) in [6, 6.07) is 0. The van der Waals surface area contributed by atoms with Crippen molar-refractivity contribution in [3.63, 3.8) is 0 Å². The maximum Gasteiger partial charge on any atom is 0.163 e. The Morgan fingerprint density at radius 1 is 0.767 bits per heavy atom. The second-order valence-electron chi connectivity index (χ2n) is 9.74. The maximum atomic E-state index is 11.0. The third kappa shape index (κ3) is 9.09. The van der Waals surface area contributed by atoms with E-state index in [4.69, 9.17) is 23.7 Å². The van der Waals surface area contributed by atoms with Gasteiger partial charge in [-0.1, -0.05) is 64.7 Å². The van der Waals surface area contributed by atoms with Crippen molar-refractivity contribution in [2.24, 2.45) is 0 Å². The van der Waals surface area contributed by atoms with Crippen LogP contribution in [0, 0.1) is 0 Å². The number of aliphatic hydroxyl groups excluding tert-OH is 1. The van der Waals surface area contributed by atoms with Crippen molar-refractivity contribution in [2.45, 2.75) is 135 Å². The largest absolute Gasteiger partial charge is 0.387 e. The van der Waals surface area contributed by atoms with Crippen LogP contribution in [0.4, 0.5) is 0 Å². The Morgan fingerprint density at radius 3 is 1.70 bits per heavy atom. The van der Waals surface area contributed by atoms with Gasteiger partial charge in [-0.15, -0.1) is 0 Å². The van der Waals surface area contributed by atoms with E-state index in [1.54, 1.807) is 0 Å². The lowest BCUT2D eigenvalue weighted by Gasteiger charge is -2.31. The van der Waals surface area contributed by atoms with Crippen LogP contribution in [0.5, 0.6) is 0 Å². The van der Waals surface area contributed by atoms with Gasteiger partial charge >= 0.3 is 0 Å². The fourth-order valence-corrected chi connectivity index (χ4v) is 4.21. The van der Waals surface area contributed by atoms with Gasteiger partial charge in [0.15, 0.2) is 11.6 Å². The molecule has 2 aliphatic rings. The average molecular weight is 431 g/mol. The molecule has 30 heavy (non-hydrogen) atoms. The van der Waals surface area contributed by atoms with Gasteiger partial charge in [-0.3, -0.25) is 0 Å². The summed E-state index contributed by atoms with van der Waals surface area (Å²) in [6.45, 7) is 11.1. The molecule has 0 aromatic rings. The first-order chi connectivity index (χ1) is 14.2. The molecule has 6 heteroatoms. The molecule has 0 aromatic carbocycles. The van der Waals surface area contributed by atoms with Gasteiger partial charge in [-0.05, 0) is 34.1 Å². The van der Waals surface area contributed by atoms with Crippen LogP contribution < -0.4 is 0 Å². The summed E-state index contributed by atoms with van der Waals surface area (Å²) >= 11 is 0. The van der Waals surface area contributed by atoms with E-state index in [9.17, 15) is 5.11 Å². The Bertz CT molecular complexity index is 467. The molecule has 0 bridgehead atoms. The minimum atomic E-state index is -0.822. The van der Waals surface area contributed by atoms with Crippen LogP contribution in [0.2, 0.25) is 0 Å². The highest BCUT2D eigenvalue weighted by molar-refractivity contribution is 4.90. The van der Waals surface area contributed by atoms with Crippen molar-refractivity contribution in [2.75, 3.05) is 19.8 Å². The lowest BCUT2D eigenvalue weighted by Crippen LogP contribution is -2.49. The molecule has 0 aliphatic carbocycles. The van der Waals surface area contributed by atoms with Crippen molar-refractivity contribution in [3.05, 3.63) is 0 Å². The molecule has 6 nitrogen and oxygen atoms in total. The van der Waals surface area contributed by atoms with Gasteiger partial charge in [0, 0.05) is 6.61 Å². The lowest BCUT2D eigenvalue weighted by molar-refractivity contribution is -0.193. The Hall–Kier alpha value is -0.240. The number of hydrogen-bond acceptors (Lipinski definition) is 6. The van der Waals surface area contributed by atoms with Crippen LogP contribution in [0.15, 0.2) is 0 Å². The van der Waals surface area contributed by atoms with Gasteiger partial charge in [-0.2, -0.15) is 0 Å². The van der Waals surface area contributed by atoms with Crippen molar-refractivity contribution < 1.29 is 28.8 Å². The lowest BCUT2D eigenvalue weighted by atomic mass is 10.0. The molecule has 1 N–H and O–H groups in total. The second kappa shape index (κ2) is 12.7. The fraction of sp³-hybridized carbons (Fsp3) is 1.00. The predicted molar refractivity (Wildman–Crippen MR) is 117 cm³/mol. The van der Waals surface area contributed by atoms with Crippen molar-refractivity contribution in [3.8, 4) is 0 Å². The molecule has 0 unspecified atom stereocenters. The fourth-order valence-electron chi connectivity index (χ4n) is 4.21. The van der Waals surface area contributed by atoms with E-state index in [1.165, 1.54) is 51.4 Å². The standard InChI is InChI=1S/C24H46O6/c1-6-7-8-9-10-11-12-13-14-15-16-26-22(20-18-28-24(4,5)30-20)21(25)19-17-27-23(2,3)29-19/h19-22,25H,6-18H2,1-5H3/t19-,20-,21-,22-/m0/s1. The molecule has 2 rings (SSSR count). The quantitative estimate of drug-likeness (QED) is 0.371. The first-order valence-corrected chi connectivity index (χ1v) is 12.2. The predicted octanol–water partition coefficient (Wildman–Crippen LogP) is 4.96. The summed E-state index contributed by atoms with van der Waals surface area (Å²) in [6.07, 6.45) is 10.8. The Labute approximate surface area is 183 Å². The molecule has 0 spiro atoms. The van der Waals surface area contributed by atoms with E-state index in [1.807, 2.05) is 27.7 Å². The summed E-state index contributed by atoms with van der Waals surface area (Å²) in [7, 11) is 0. The van der Waals surface area contributed by atoms with E-state index in [0.717, 1.165) is 12.8 Å². The van der Waals surface area contributed by atoms with Gasteiger partial charge in [0.2, 0.25) is 0 Å². The normalized spacial score (nSPS) is 27.4. The van der Waals surface area contributed by atoms with Crippen molar-refractivity contribution in [1.82, 2.24) is 0 Å². The topological polar surface area (TPSA) is 66.4 Å². The van der Waals surface area contributed by atoms with Gasteiger partial charge < -0.3 is 28.8 Å². The van der Waals surface area contributed by atoms with E-state index >= 15 is 0 Å². The Balaban J connectivity index is 1.69. The zero-order chi connectivity index (χ0) is 22.0. The first-order valence-electron chi connectivity index (χ1n) is 12.2. The molecular weight excluding hydrogens is 384 g/mol. The number of unbranched alkanes of at least 4 members (excludes halogenated alkanes) is 9. The molecule has 178 valence electrons. The van der Waals surface area contributed by atoms with E-state index in [2.05, 4.69) is 6.92 Å². The van der Waals surface area contributed by atoms with Crippen LogP contribution in [-0.2, 0) is 23.7 Å². The highest BCUT2D eigenvalue weighted by Gasteiger charge is 2.46. The van der Waals surface area contributed by atoms with Crippen LogP contribution in [0.25, 0.3) is 0 Å². The summed E-state index contributed by atoms with van der Waals surface area (Å²) in [5, 5.41) is 11.0. The molecule has 0 aromatic heterocycles. The number of ether oxygens (including phenoxy) is 5. The monoisotopic (exact) mass is 430 g/mol. The molecule has 2 aliphatic heterocycles.